The first-order valence-corrected chi connectivity index (χ1v) is 5.14. The van der Waals surface area contributed by atoms with Gasteiger partial charge in [-0.25, -0.2) is 0 Å². The Kier molecular flexibility index (Phi) is 1.18. The SMILES string of the molecule is C=C(C)C1CC2CC1C1=C2CC1. The molecule has 64 valence electrons. The molecular formula is C12H16. The molecule has 1 fully saturated rings. The van der Waals surface area contributed by atoms with Crippen LogP contribution >= 0.6 is 0 Å². The fraction of sp³-hybridized carbons (Fsp3) is 0.667. The van der Waals surface area contributed by atoms with E-state index < -0.39 is 0 Å². The van der Waals surface area contributed by atoms with Crippen LogP contribution in [-0.2, 0) is 0 Å². The van der Waals surface area contributed by atoms with Crippen LogP contribution in [0.4, 0.5) is 0 Å². The summed E-state index contributed by atoms with van der Waals surface area (Å²) in [5.41, 5.74) is 5.14. The van der Waals surface area contributed by atoms with Crippen LogP contribution in [0.3, 0.4) is 0 Å². The lowest BCUT2D eigenvalue weighted by molar-refractivity contribution is 0.444. The molecule has 0 radical (unpaired) electrons. The highest BCUT2D eigenvalue weighted by Gasteiger charge is 2.48. The minimum absolute atomic E-state index is 0.856. The van der Waals surface area contributed by atoms with Crippen LogP contribution in [0.2, 0.25) is 0 Å². The molecule has 0 heteroatoms. The standard InChI is InChI=1S/C12H16/c1-7(2)11-5-8-6-12(11)10-4-3-9(8)10/h8,11-12H,1,3-6H2,2H3. The van der Waals surface area contributed by atoms with E-state index in [0.717, 1.165) is 17.8 Å². The van der Waals surface area contributed by atoms with E-state index in [-0.39, 0.29) is 0 Å². The summed E-state index contributed by atoms with van der Waals surface area (Å²) in [5, 5.41) is 0. The van der Waals surface area contributed by atoms with Crippen molar-refractivity contribution >= 4 is 0 Å². The maximum absolute atomic E-state index is 4.12. The summed E-state index contributed by atoms with van der Waals surface area (Å²) in [6.45, 7) is 6.33. The van der Waals surface area contributed by atoms with Gasteiger partial charge in [-0.05, 0) is 50.4 Å². The molecule has 3 aliphatic carbocycles. The van der Waals surface area contributed by atoms with Crippen LogP contribution < -0.4 is 0 Å². The van der Waals surface area contributed by atoms with Crippen molar-refractivity contribution in [2.45, 2.75) is 32.6 Å². The number of hydrogen-bond donors (Lipinski definition) is 0. The molecule has 0 amide bonds. The summed E-state index contributed by atoms with van der Waals surface area (Å²) in [6, 6.07) is 0. The Morgan fingerprint density at radius 3 is 2.50 bits per heavy atom. The van der Waals surface area contributed by atoms with E-state index in [4.69, 9.17) is 0 Å². The van der Waals surface area contributed by atoms with Gasteiger partial charge in [-0.15, -0.1) is 0 Å². The minimum atomic E-state index is 0.856. The van der Waals surface area contributed by atoms with Gasteiger partial charge in [0.15, 0.2) is 0 Å². The fourth-order valence-corrected chi connectivity index (χ4v) is 3.56. The number of fused-ring (bicyclic) bond motifs is 4. The zero-order valence-electron chi connectivity index (χ0n) is 7.77. The molecule has 0 saturated heterocycles. The molecule has 0 aromatic carbocycles. The molecular weight excluding hydrogens is 144 g/mol. The van der Waals surface area contributed by atoms with Gasteiger partial charge in [-0.2, -0.15) is 0 Å². The highest BCUT2D eigenvalue weighted by molar-refractivity contribution is 5.39. The second kappa shape index (κ2) is 2.04. The van der Waals surface area contributed by atoms with Crippen LogP contribution in [0.1, 0.15) is 32.6 Å². The largest absolute Gasteiger partial charge is 0.0998 e. The highest BCUT2D eigenvalue weighted by Crippen LogP contribution is 2.60. The average molecular weight is 160 g/mol. The van der Waals surface area contributed by atoms with Gasteiger partial charge in [0.25, 0.3) is 0 Å². The molecule has 0 heterocycles. The van der Waals surface area contributed by atoms with Gasteiger partial charge in [-0.1, -0.05) is 23.3 Å². The first-order chi connectivity index (χ1) is 5.77. The molecule has 3 aliphatic rings. The maximum Gasteiger partial charge on any atom is -0.0129 e. The second-order valence-corrected chi connectivity index (χ2v) is 4.78. The summed E-state index contributed by atoms with van der Waals surface area (Å²) in [6.07, 6.45) is 5.75. The van der Waals surface area contributed by atoms with Gasteiger partial charge in [0.1, 0.15) is 0 Å². The van der Waals surface area contributed by atoms with E-state index in [2.05, 4.69) is 13.5 Å². The first kappa shape index (κ1) is 6.94. The molecule has 12 heavy (non-hydrogen) atoms. The molecule has 3 atom stereocenters. The molecule has 3 unspecified atom stereocenters. The van der Waals surface area contributed by atoms with Crippen molar-refractivity contribution in [2.75, 3.05) is 0 Å². The average Bonchev–Trinajstić information content (AvgIpc) is 2.37. The molecule has 0 aromatic heterocycles. The van der Waals surface area contributed by atoms with Gasteiger partial charge >= 0.3 is 0 Å². The zero-order valence-corrected chi connectivity index (χ0v) is 7.77. The molecule has 2 bridgehead atoms. The summed E-state index contributed by atoms with van der Waals surface area (Å²) in [7, 11) is 0. The second-order valence-electron chi connectivity index (χ2n) is 4.78. The van der Waals surface area contributed by atoms with Gasteiger partial charge in [0.05, 0.1) is 0 Å². The van der Waals surface area contributed by atoms with Crippen molar-refractivity contribution in [2.24, 2.45) is 17.8 Å². The molecule has 0 aliphatic heterocycles. The summed E-state index contributed by atoms with van der Waals surface area (Å²) in [5.74, 6) is 2.78. The Hall–Kier alpha value is -0.520. The van der Waals surface area contributed by atoms with E-state index in [9.17, 15) is 0 Å². The molecule has 0 N–H and O–H groups in total. The normalized spacial score (nSPS) is 42.9. The third-order valence-electron chi connectivity index (χ3n) is 4.21. The van der Waals surface area contributed by atoms with Gasteiger partial charge in [0.2, 0.25) is 0 Å². The van der Waals surface area contributed by atoms with Crippen LogP contribution in [-0.4, -0.2) is 0 Å². The lowest BCUT2D eigenvalue weighted by Gasteiger charge is -2.33. The molecule has 0 aromatic rings. The van der Waals surface area contributed by atoms with Crippen molar-refractivity contribution < 1.29 is 0 Å². The Balaban J connectivity index is 1.95. The van der Waals surface area contributed by atoms with Gasteiger partial charge in [-0.3, -0.25) is 0 Å². The lowest BCUT2D eigenvalue weighted by atomic mass is 9.72. The van der Waals surface area contributed by atoms with Crippen LogP contribution in [0, 0.1) is 17.8 Å². The molecule has 3 rings (SSSR count). The number of allylic oxidation sites excluding steroid dienone is 3. The monoisotopic (exact) mass is 160 g/mol. The maximum atomic E-state index is 4.12. The van der Waals surface area contributed by atoms with Crippen molar-refractivity contribution in [3.05, 3.63) is 23.3 Å². The first-order valence-electron chi connectivity index (χ1n) is 5.14. The van der Waals surface area contributed by atoms with Crippen molar-refractivity contribution in [1.82, 2.24) is 0 Å². The quantitative estimate of drug-likeness (QED) is 0.516. The minimum Gasteiger partial charge on any atom is -0.0998 e. The number of hydrogen-bond acceptors (Lipinski definition) is 0. The summed E-state index contributed by atoms with van der Waals surface area (Å²) >= 11 is 0. The van der Waals surface area contributed by atoms with E-state index in [1.165, 1.54) is 31.3 Å². The Labute approximate surface area is 74.4 Å². The van der Waals surface area contributed by atoms with E-state index in [1.54, 1.807) is 0 Å². The predicted octanol–water partition coefficient (Wildman–Crippen LogP) is 3.31. The number of rotatable bonds is 1. The predicted molar refractivity (Wildman–Crippen MR) is 50.8 cm³/mol. The Bertz CT molecular complexity index is 282. The molecule has 1 saturated carbocycles. The molecule has 0 nitrogen and oxygen atoms in total. The fourth-order valence-electron chi connectivity index (χ4n) is 3.56. The highest BCUT2D eigenvalue weighted by atomic mass is 14.5. The topological polar surface area (TPSA) is 0 Å². The Morgan fingerprint density at radius 1 is 1.25 bits per heavy atom. The third kappa shape index (κ3) is 0.646. The third-order valence-corrected chi connectivity index (χ3v) is 4.21. The summed E-state index contributed by atoms with van der Waals surface area (Å²) < 4.78 is 0. The van der Waals surface area contributed by atoms with Crippen molar-refractivity contribution in [3.63, 3.8) is 0 Å². The van der Waals surface area contributed by atoms with E-state index in [0.29, 0.717) is 0 Å². The lowest BCUT2D eigenvalue weighted by Crippen LogP contribution is -2.20. The van der Waals surface area contributed by atoms with Gasteiger partial charge < -0.3 is 0 Å². The molecule has 0 spiro atoms. The van der Waals surface area contributed by atoms with Crippen LogP contribution in [0.5, 0.6) is 0 Å². The van der Waals surface area contributed by atoms with Gasteiger partial charge in [0, 0.05) is 0 Å². The summed E-state index contributed by atoms with van der Waals surface area (Å²) in [4.78, 5) is 0. The van der Waals surface area contributed by atoms with Crippen LogP contribution in [0.25, 0.3) is 0 Å². The van der Waals surface area contributed by atoms with Crippen molar-refractivity contribution in [3.8, 4) is 0 Å². The van der Waals surface area contributed by atoms with E-state index >= 15 is 0 Å². The van der Waals surface area contributed by atoms with Crippen LogP contribution in [0.15, 0.2) is 23.3 Å². The smallest absolute Gasteiger partial charge is 0.0129 e. The Morgan fingerprint density at radius 2 is 2.00 bits per heavy atom. The van der Waals surface area contributed by atoms with Crippen molar-refractivity contribution in [1.29, 1.82) is 0 Å². The zero-order chi connectivity index (χ0) is 8.29. The van der Waals surface area contributed by atoms with E-state index in [1.807, 2.05) is 11.1 Å².